The Labute approximate surface area is 122 Å². The van der Waals surface area contributed by atoms with Crippen LogP contribution in [0.1, 0.15) is 21.7 Å². The molecule has 1 heterocycles. The molecule has 0 aliphatic rings. The van der Waals surface area contributed by atoms with Crippen LogP contribution in [0, 0.1) is 11.8 Å². The van der Waals surface area contributed by atoms with Crippen molar-refractivity contribution in [2.45, 2.75) is 6.42 Å². The van der Waals surface area contributed by atoms with Crippen molar-refractivity contribution in [3.8, 4) is 11.8 Å². The van der Waals surface area contributed by atoms with Crippen LogP contribution in [0.25, 0.3) is 0 Å². The third-order valence-corrected chi connectivity index (χ3v) is 3.21. The van der Waals surface area contributed by atoms with E-state index in [4.69, 9.17) is 14.6 Å². The molecule has 0 spiro atoms. The first kappa shape index (κ1) is 16.7. The van der Waals surface area contributed by atoms with Crippen molar-refractivity contribution in [3.05, 3.63) is 21.9 Å². The van der Waals surface area contributed by atoms with Crippen LogP contribution in [0.15, 0.2) is 11.4 Å². The number of hydrogen-bond acceptors (Lipinski definition) is 5. The van der Waals surface area contributed by atoms with Crippen molar-refractivity contribution in [3.63, 3.8) is 0 Å². The molecule has 1 aromatic heterocycles. The van der Waals surface area contributed by atoms with E-state index >= 15 is 0 Å². The van der Waals surface area contributed by atoms with Crippen molar-refractivity contribution in [1.82, 2.24) is 5.32 Å². The van der Waals surface area contributed by atoms with E-state index in [1.54, 1.807) is 13.2 Å². The fraction of sp³-hybridized carbons (Fsp3) is 0.500. The molecule has 0 saturated carbocycles. The van der Waals surface area contributed by atoms with E-state index in [-0.39, 0.29) is 12.5 Å². The van der Waals surface area contributed by atoms with Crippen LogP contribution < -0.4 is 5.32 Å². The van der Waals surface area contributed by atoms with Crippen molar-refractivity contribution < 1.29 is 19.4 Å². The Morgan fingerprint density at radius 1 is 1.45 bits per heavy atom. The largest absolute Gasteiger partial charge is 0.395 e. The average molecular weight is 297 g/mol. The summed E-state index contributed by atoms with van der Waals surface area (Å²) in [6.45, 7) is 1.99. The van der Waals surface area contributed by atoms with Crippen molar-refractivity contribution in [2.24, 2.45) is 0 Å². The number of aliphatic hydroxyl groups excluding tert-OH is 1. The summed E-state index contributed by atoms with van der Waals surface area (Å²) in [7, 11) is 1.61. The molecule has 0 radical (unpaired) electrons. The fourth-order valence-electron chi connectivity index (χ4n) is 1.36. The molecule has 0 bridgehead atoms. The predicted octanol–water partition coefficient (Wildman–Crippen LogP) is 0.875. The number of aliphatic hydroxyl groups is 1. The Bertz CT molecular complexity index is 461. The van der Waals surface area contributed by atoms with E-state index in [9.17, 15) is 4.79 Å². The molecule has 0 saturated heterocycles. The van der Waals surface area contributed by atoms with Gasteiger partial charge in [0.15, 0.2) is 0 Å². The number of hydrogen-bond donors (Lipinski definition) is 2. The minimum Gasteiger partial charge on any atom is -0.395 e. The molecule has 0 atom stereocenters. The van der Waals surface area contributed by atoms with Crippen molar-refractivity contribution in [2.75, 3.05) is 40.1 Å². The molecule has 5 nitrogen and oxygen atoms in total. The standard InChI is InChI=1S/C14H19NO4S/c1-18-9-10-19-8-6-15-14(17)13-12(5-11-20-13)4-2-3-7-16/h5,11,16H,3,6-10H2,1H3,(H,15,17). The molecule has 0 fully saturated rings. The summed E-state index contributed by atoms with van der Waals surface area (Å²) in [4.78, 5) is 12.5. The van der Waals surface area contributed by atoms with Gasteiger partial charge < -0.3 is 19.9 Å². The monoisotopic (exact) mass is 297 g/mol. The van der Waals surface area contributed by atoms with Gasteiger partial charge in [-0.05, 0) is 11.4 Å². The fourth-order valence-corrected chi connectivity index (χ4v) is 2.12. The van der Waals surface area contributed by atoms with Gasteiger partial charge in [-0.25, -0.2) is 0 Å². The Hall–Kier alpha value is -1.39. The molecular formula is C14H19NO4S. The number of thiophene rings is 1. The minimum atomic E-state index is -0.149. The van der Waals surface area contributed by atoms with Gasteiger partial charge >= 0.3 is 0 Å². The average Bonchev–Trinajstić information content (AvgIpc) is 2.91. The SMILES string of the molecule is COCCOCCNC(=O)c1sccc1C#CCCO. The lowest BCUT2D eigenvalue weighted by atomic mass is 10.2. The van der Waals surface area contributed by atoms with Crippen molar-refractivity contribution >= 4 is 17.2 Å². The molecule has 0 aromatic carbocycles. The van der Waals surface area contributed by atoms with Crippen LogP contribution in [-0.4, -0.2) is 51.1 Å². The van der Waals surface area contributed by atoms with Crippen LogP contribution in [0.4, 0.5) is 0 Å². The van der Waals surface area contributed by atoms with Crippen LogP contribution in [-0.2, 0) is 9.47 Å². The quantitative estimate of drug-likeness (QED) is 0.552. The summed E-state index contributed by atoms with van der Waals surface area (Å²) in [5.74, 6) is 5.55. The van der Waals surface area contributed by atoms with Crippen LogP contribution >= 0.6 is 11.3 Å². The van der Waals surface area contributed by atoms with E-state index in [1.807, 2.05) is 5.38 Å². The Morgan fingerprint density at radius 3 is 3.05 bits per heavy atom. The number of nitrogens with one attached hydrogen (secondary N) is 1. The third kappa shape index (κ3) is 6.17. The van der Waals surface area contributed by atoms with E-state index in [1.165, 1.54) is 11.3 Å². The van der Waals surface area contributed by atoms with Gasteiger partial charge in [-0.3, -0.25) is 4.79 Å². The van der Waals surface area contributed by atoms with E-state index in [0.29, 0.717) is 43.2 Å². The number of amides is 1. The first-order valence-corrected chi connectivity index (χ1v) is 7.19. The molecule has 2 N–H and O–H groups in total. The number of carbonyl (C=O) groups is 1. The van der Waals surface area contributed by atoms with Gasteiger partial charge in [-0.1, -0.05) is 11.8 Å². The van der Waals surface area contributed by atoms with Gasteiger partial charge in [0.2, 0.25) is 0 Å². The zero-order chi connectivity index (χ0) is 14.6. The highest BCUT2D eigenvalue weighted by molar-refractivity contribution is 7.12. The molecule has 0 aliphatic heterocycles. The van der Waals surface area contributed by atoms with E-state index < -0.39 is 0 Å². The second-order valence-electron chi connectivity index (χ2n) is 3.80. The summed E-state index contributed by atoms with van der Waals surface area (Å²) in [6, 6.07) is 1.80. The predicted molar refractivity (Wildman–Crippen MR) is 77.9 cm³/mol. The van der Waals surface area contributed by atoms with Gasteiger partial charge in [0.25, 0.3) is 5.91 Å². The Morgan fingerprint density at radius 2 is 2.30 bits per heavy atom. The van der Waals surface area contributed by atoms with Crippen LogP contribution in [0.2, 0.25) is 0 Å². The second kappa shape index (κ2) is 10.4. The maximum Gasteiger partial charge on any atom is 0.262 e. The van der Waals surface area contributed by atoms with Gasteiger partial charge in [-0.15, -0.1) is 11.3 Å². The lowest BCUT2D eigenvalue weighted by molar-refractivity contribution is 0.0693. The summed E-state index contributed by atoms with van der Waals surface area (Å²) < 4.78 is 10.1. The van der Waals surface area contributed by atoms with Gasteiger partial charge in [-0.2, -0.15) is 0 Å². The highest BCUT2D eigenvalue weighted by Gasteiger charge is 2.10. The molecule has 1 aromatic rings. The van der Waals surface area contributed by atoms with Gasteiger partial charge in [0.1, 0.15) is 4.88 Å². The maximum atomic E-state index is 12.0. The number of rotatable bonds is 8. The molecule has 0 unspecified atom stereocenters. The number of methoxy groups -OCH3 is 1. The summed E-state index contributed by atoms with van der Waals surface area (Å²) in [6.07, 6.45) is 0.407. The highest BCUT2D eigenvalue weighted by Crippen LogP contribution is 2.15. The zero-order valence-electron chi connectivity index (χ0n) is 11.5. The lowest BCUT2D eigenvalue weighted by Gasteiger charge is -2.05. The Kier molecular flexibility index (Phi) is 8.67. The molecule has 6 heteroatoms. The topological polar surface area (TPSA) is 67.8 Å². The molecule has 110 valence electrons. The number of carbonyl (C=O) groups excluding carboxylic acids is 1. The van der Waals surface area contributed by atoms with Gasteiger partial charge in [0.05, 0.1) is 26.4 Å². The molecule has 1 amide bonds. The maximum absolute atomic E-state index is 12.0. The van der Waals surface area contributed by atoms with E-state index in [2.05, 4.69) is 17.2 Å². The molecule has 0 aliphatic carbocycles. The third-order valence-electron chi connectivity index (χ3n) is 2.30. The summed E-state index contributed by atoms with van der Waals surface area (Å²) in [5, 5.41) is 13.3. The molecule has 1 rings (SSSR count). The smallest absolute Gasteiger partial charge is 0.262 e. The van der Waals surface area contributed by atoms with E-state index in [0.717, 1.165) is 0 Å². The van der Waals surface area contributed by atoms with Crippen molar-refractivity contribution in [1.29, 1.82) is 0 Å². The first-order chi connectivity index (χ1) is 9.79. The minimum absolute atomic E-state index is 0.0253. The van der Waals surface area contributed by atoms with Crippen LogP contribution in [0.3, 0.4) is 0 Å². The summed E-state index contributed by atoms with van der Waals surface area (Å²) >= 11 is 1.35. The zero-order valence-corrected chi connectivity index (χ0v) is 12.3. The summed E-state index contributed by atoms with van der Waals surface area (Å²) in [5.41, 5.74) is 0.696. The normalized spacial score (nSPS) is 9.90. The number of ether oxygens (including phenoxy) is 2. The van der Waals surface area contributed by atoms with Crippen LogP contribution in [0.5, 0.6) is 0 Å². The lowest BCUT2D eigenvalue weighted by Crippen LogP contribution is -2.27. The molecular weight excluding hydrogens is 278 g/mol. The first-order valence-electron chi connectivity index (χ1n) is 6.31. The molecule has 20 heavy (non-hydrogen) atoms. The Balaban J connectivity index is 2.37. The van der Waals surface area contributed by atoms with Gasteiger partial charge in [0, 0.05) is 25.6 Å². The second-order valence-corrected chi connectivity index (χ2v) is 4.72. The highest BCUT2D eigenvalue weighted by atomic mass is 32.1.